The van der Waals surface area contributed by atoms with Gasteiger partial charge in [0.1, 0.15) is 12.0 Å². The molecular formula is C22H21N5O4S. The van der Waals surface area contributed by atoms with Crippen molar-refractivity contribution in [3.63, 3.8) is 0 Å². The van der Waals surface area contributed by atoms with Gasteiger partial charge in [0.2, 0.25) is 0 Å². The van der Waals surface area contributed by atoms with Crippen LogP contribution in [0, 0.1) is 0 Å². The van der Waals surface area contributed by atoms with E-state index in [0.29, 0.717) is 29.0 Å². The van der Waals surface area contributed by atoms with E-state index in [1.54, 1.807) is 54.7 Å². The van der Waals surface area contributed by atoms with Crippen molar-refractivity contribution in [2.24, 2.45) is 10.7 Å². The van der Waals surface area contributed by atoms with Gasteiger partial charge in [-0.3, -0.25) is 9.59 Å². The summed E-state index contributed by atoms with van der Waals surface area (Å²) < 4.78 is 5.47. The van der Waals surface area contributed by atoms with Gasteiger partial charge in [-0.05, 0) is 60.7 Å². The number of aliphatic imine (C=N–C) groups is 1. The lowest BCUT2D eigenvalue weighted by atomic mass is 10.0. The summed E-state index contributed by atoms with van der Waals surface area (Å²) in [6.45, 7) is -0.276. The average molecular weight is 452 g/mol. The van der Waals surface area contributed by atoms with Crippen LogP contribution in [0.15, 0.2) is 66.0 Å². The standard InChI is InChI=1S/C22H21N5O4S/c23-22(30)19(9-17-10-24-12-25-17)27-20(28)11-31-18-7-3-15(4-8-18)21(29)14-1-5-16(6-2-14)26-13-32/h1-8,10,12,19,22,30H,9,11,23H2,(H,24,25)(H,27,28). The van der Waals surface area contributed by atoms with Crippen LogP contribution in [0.25, 0.3) is 0 Å². The Morgan fingerprint density at radius 3 is 2.41 bits per heavy atom. The van der Waals surface area contributed by atoms with Crippen molar-refractivity contribution in [1.29, 1.82) is 0 Å². The molecule has 0 bridgehead atoms. The zero-order chi connectivity index (χ0) is 22.9. The van der Waals surface area contributed by atoms with Gasteiger partial charge in [0.05, 0.1) is 23.2 Å². The Bertz CT molecular complexity index is 1090. The van der Waals surface area contributed by atoms with Gasteiger partial charge in [-0.1, -0.05) is 0 Å². The highest BCUT2D eigenvalue weighted by atomic mass is 32.1. The Morgan fingerprint density at radius 1 is 1.19 bits per heavy atom. The predicted molar refractivity (Wildman–Crippen MR) is 121 cm³/mol. The van der Waals surface area contributed by atoms with Gasteiger partial charge in [-0.15, -0.1) is 0 Å². The maximum absolute atomic E-state index is 12.6. The monoisotopic (exact) mass is 451 g/mol. The van der Waals surface area contributed by atoms with Crippen LogP contribution in [0.5, 0.6) is 5.75 Å². The highest BCUT2D eigenvalue weighted by Crippen LogP contribution is 2.18. The number of aromatic nitrogens is 2. The third kappa shape index (κ3) is 6.40. The first kappa shape index (κ1) is 23.0. The van der Waals surface area contributed by atoms with Crippen LogP contribution in [0.3, 0.4) is 0 Å². The predicted octanol–water partition coefficient (Wildman–Crippen LogP) is 1.76. The summed E-state index contributed by atoms with van der Waals surface area (Å²) in [7, 11) is 0. The minimum atomic E-state index is -1.25. The number of hydrogen-bond donors (Lipinski definition) is 4. The molecule has 1 heterocycles. The molecule has 0 radical (unpaired) electrons. The number of thiocarbonyl (C=S) groups is 1. The van der Waals surface area contributed by atoms with E-state index in [2.05, 4.69) is 37.7 Å². The first-order chi connectivity index (χ1) is 15.5. The molecule has 3 aromatic rings. The van der Waals surface area contributed by atoms with Gasteiger partial charge in [-0.2, -0.15) is 4.99 Å². The summed E-state index contributed by atoms with van der Waals surface area (Å²) in [6, 6.07) is 12.4. The third-order valence-electron chi connectivity index (χ3n) is 4.54. The lowest BCUT2D eigenvalue weighted by molar-refractivity contribution is -0.124. The fraction of sp³-hybridized carbons (Fsp3) is 0.182. The van der Waals surface area contributed by atoms with E-state index in [1.807, 2.05) is 0 Å². The number of rotatable bonds is 10. The summed E-state index contributed by atoms with van der Waals surface area (Å²) in [5, 5.41) is 14.6. The van der Waals surface area contributed by atoms with E-state index in [4.69, 9.17) is 10.5 Å². The lowest BCUT2D eigenvalue weighted by Crippen LogP contribution is -2.50. The molecule has 32 heavy (non-hydrogen) atoms. The van der Waals surface area contributed by atoms with E-state index in [9.17, 15) is 14.7 Å². The molecule has 9 nitrogen and oxygen atoms in total. The summed E-state index contributed by atoms with van der Waals surface area (Å²) in [5.74, 6) is -0.190. The molecule has 0 aliphatic heterocycles. The summed E-state index contributed by atoms with van der Waals surface area (Å²) in [6.07, 6.45) is 2.13. The number of nitrogens with two attached hydrogens (primary N) is 1. The Kier molecular flexibility index (Phi) is 7.96. The molecule has 1 amide bonds. The van der Waals surface area contributed by atoms with Crippen LogP contribution in [-0.4, -0.2) is 50.8 Å². The fourth-order valence-electron chi connectivity index (χ4n) is 2.90. The highest BCUT2D eigenvalue weighted by Gasteiger charge is 2.19. The number of amides is 1. The molecule has 0 spiro atoms. The van der Waals surface area contributed by atoms with Crippen molar-refractivity contribution < 1.29 is 19.4 Å². The number of imidazole rings is 1. The van der Waals surface area contributed by atoms with Crippen molar-refractivity contribution in [2.45, 2.75) is 18.7 Å². The van der Waals surface area contributed by atoms with Gasteiger partial charge in [0.25, 0.3) is 5.91 Å². The number of ketones is 1. The van der Waals surface area contributed by atoms with Crippen molar-refractivity contribution >= 4 is 34.8 Å². The van der Waals surface area contributed by atoms with Crippen LogP contribution in [0.2, 0.25) is 0 Å². The van der Waals surface area contributed by atoms with Crippen molar-refractivity contribution in [3.05, 3.63) is 77.9 Å². The van der Waals surface area contributed by atoms with Crippen LogP contribution >= 0.6 is 12.2 Å². The van der Waals surface area contributed by atoms with Crippen LogP contribution in [0.1, 0.15) is 21.6 Å². The van der Waals surface area contributed by atoms with Crippen LogP contribution < -0.4 is 15.8 Å². The molecule has 164 valence electrons. The Balaban J connectivity index is 1.54. The molecule has 2 unspecified atom stereocenters. The number of aliphatic hydroxyl groups is 1. The number of carbonyl (C=O) groups is 2. The van der Waals surface area contributed by atoms with Crippen LogP contribution in [-0.2, 0) is 11.2 Å². The smallest absolute Gasteiger partial charge is 0.258 e. The number of nitrogens with one attached hydrogen (secondary N) is 2. The molecule has 1 aromatic heterocycles. The minimum absolute atomic E-state index is 0.161. The van der Waals surface area contributed by atoms with Crippen molar-refractivity contribution in [1.82, 2.24) is 15.3 Å². The first-order valence-electron chi connectivity index (χ1n) is 9.62. The summed E-state index contributed by atoms with van der Waals surface area (Å²) in [4.78, 5) is 35.4. The van der Waals surface area contributed by atoms with E-state index < -0.39 is 18.2 Å². The number of hydrogen-bond acceptors (Lipinski definition) is 8. The van der Waals surface area contributed by atoms with Gasteiger partial charge >= 0.3 is 0 Å². The molecule has 0 fully saturated rings. The van der Waals surface area contributed by atoms with E-state index in [1.165, 1.54) is 6.33 Å². The van der Waals surface area contributed by atoms with E-state index in [0.717, 1.165) is 5.69 Å². The van der Waals surface area contributed by atoms with Gasteiger partial charge in [0.15, 0.2) is 12.4 Å². The molecule has 0 aliphatic carbocycles. The molecule has 2 aromatic carbocycles. The second kappa shape index (κ2) is 11.1. The molecule has 10 heteroatoms. The Labute approximate surface area is 189 Å². The highest BCUT2D eigenvalue weighted by molar-refractivity contribution is 7.78. The number of H-pyrrole nitrogens is 1. The number of nitrogens with zero attached hydrogens (tertiary/aromatic N) is 2. The molecular weight excluding hydrogens is 430 g/mol. The zero-order valence-electron chi connectivity index (χ0n) is 16.9. The fourth-order valence-corrected chi connectivity index (χ4v) is 3.00. The van der Waals surface area contributed by atoms with Crippen LogP contribution in [0.4, 0.5) is 5.69 Å². The van der Waals surface area contributed by atoms with Crippen molar-refractivity contribution in [2.75, 3.05) is 6.61 Å². The number of aliphatic hydroxyl groups excluding tert-OH is 1. The molecule has 2 atom stereocenters. The molecule has 0 saturated carbocycles. The van der Waals surface area contributed by atoms with Gasteiger partial charge < -0.3 is 25.9 Å². The Hall–Kier alpha value is -3.69. The summed E-state index contributed by atoms with van der Waals surface area (Å²) >= 11 is 4.56. The van der Waals surface area contributed by atoms with Crippen molar-refractivity contribution in [3.8, 4) is 5.75 Å². The lowest BCUT2D eigenvalue weighted by Gasteiger charge is -2.20. The molecule has 0 saturated heterocycles. The number of benzene rings is 2. The molecule has 5 N–H and O–H groups in total. The first-order valence-corrected chi connectivity index (χ1v) is 10.0. The largest absolute Gasteiger partial charge is 0.484 e. The van der Waals surface area contributed by atoms with Gasteiger partial charge in [0, 0.05) is 29.4 Å². The summed E-state index contributed by atoms with van der Waals surface area (Å²) in [5.41, 5.74) is 7.86. The molecule has 0 aliphatic rings. The number of ether oxygens (including phenoxy) is 1. The maximum Gasteiger partial charge on any atom is 0.258 e. The number of isothiocyanates is 1. The van der Waals surface area contributed by atoms with Gasteiger partial charge in [-0.25, -0.2) is 4.98 Å². The number of aromatic amines is 1. The second-order valence-electron chi connectivity index (χ2n) is 6.84. The maximum atomic E-state index is 12.6. The number of carbonyl (C=O) groups excluding carboxylic acids is 2. The Morgan fingerprint density at radius 2 is 1.84 bits per heavy atom. The average Bonchev–Trinajstić information content (AvgIpc) is 3.31. The normalized spacial score (nSPS) is 12.3. The molecule has 3 rings (SSSR count). The quantitative estimate of drug-likeness (QED) is 0.159. The minimum Gasteiger partial charge on any atom is -0.484 e. The zero-order valence-corrected chi connectivity index (χ0v) is 17.7. The van der Waals surface area contributed by atoms with E-state index >= 15 is 0 Å². The SMILES string of the molecule is NC(O)C(Cc1cnc[nH]1)NC(=O)COc1ccc(C(=O)c2ccc(N=C=S)cc2)cc1. The second-order valence-corrected chi connectivity index (χ2v) is 7.02. The third-order valence-corrected chi connectivity index (χ3v) is 4.64. The van der Waals surface area contributed by atoms with E-state index in [-0.39, 0.29) is 12.4 Å². The topological polar surface area (TPSA) is 143 Å².